The second kappa shape index (κ2) is 17.4. The molecule has 14 heteroatoms. The van der Waals surface area contributed by atoms with Gasteiger partial charge in [-0.25, -0.2) is 0 Å². The molecule has 0 spiro atoms. The van der Waals surface area contributed by atoms with Crippen LogP contribution >= 0.6 is 0 Å². The van der Waals surface area contributed by atoms with Crippen LogP contribution in [0.25, 0.3) is 32.3 Å². The number of rotatable bonds is 6. The topological polar surface area (TPSA) is 241 Å². The van der Waals surface area contributed by atoms with E-state index in [1.165, 1.54) is 109 Å². The molecular formula is C36H18Al2O12. The third-order valence-electron chi connectivity index (χ3n) is 6.93. The Kier molecular flexibility index (Phi) is 14.0. The van der Waals surface area contributed by atoms with Gasteiger partial charge in [-0.15, -0.1) is 0 Å². The number of fused-ring (bicyclic) bond motifs is 3. The van der Waals surface area contributed by atoms with Gasteiger partial charge in [0.05, 0.1) is 35.8 Å². The number of carboxylic acids is 6. The molecule has 0 fully saturated rings. The van der Waals surface area contributed by atoms with Crippen molar-refractivity contribution < 1.29 is 59.4 Å². The van der Waals surface area contributed by atoms with E-state index in [9.17, 15) is 59.4 Å². The zero-order valence-electron chi connectivity index (χ0n) is 25.4. The first-order valence-corrected chi connectivity index (χ1v) is 13.6. The molecule has 0 radical (unpaired) electrons. The van der Waals surface area contributed by atoms with Crippen molar-refractivity contribution in [2.45, 2.75) is 0 Å². The summed E-state index contributed by atoms with van der Waals surface area (Å²) in [5.74, 6) is -7.55. The van der Waals surface area contributed by atoms with Gasteiger partial charge in [0.25, 0.3) is 0 Å². The van der Waals surface area contributed by atoms with Crippen LogP contribution in [-0.2, 0) is 0 Å². The smallest absolute Gasteiger partial charge is 0.545 e. The van der Waals surface area contributed by atoms with E-state index in [0.29, 0.717) is 32.3 Å². The molecule has 0 aliphatic carbocycles. The van der Waals surface area contributed by atoms with E-state index < -0.39 is 35.8 Å². The van der Waals surface area contributed by atoms with Crippen molar-refractivity contribution in [2.24, 2.45) is 0 Å². The van der Waals surface area contributed by atoms with Crippen molar-refractivity contribution in [3.05, 3.63) is 143 Å². The van der Waals surface area contributed by atoms with E-state index in [2.05, 4.69) is 0 Å². The fraction of sp³-hybridized carbons (Fsp3) is 0. The molecular weight excluding hydrogens is 678 g/mol. The number of carboxylic acid groups (broad SMARTS) is 6. The molecule has 6 aromatic rings. The van der Waals surface area contributed by atoms with Crippen molar-refractivity contribution >= 4 is 103 Å². The summed E-state index contributed by atoms with van der Waals surface area (Å²) in [6.07, 6.45) is 0. The molecule has 0 aliphatic heterocycles. The Morgan fingerprint density at radius 3 is 0.480 bits per heavy atom. The minimum Gasteiger partial charge on any atom is -0.545 e. The largest absolute Gasteiger partial charge is 3.00 e. The maximum absolute atomic E-state index is 10.6. The van der Waals surface area contributed by atoms with Gasteiger partial charge in [0.2, 0.25) is 0 Å². The van der Waals surface area contributed by atoms with Gasteiger partial charge in [-0.2, -0.15) is 0 Å². The van der Waals surface area contributed by atoms with Crippen LogP contribution in [0, 0.1) is 0 Å². The number of carbonyl (C=O) groups is 6. The molecule has 0 heterocycles. The summed E-state index contributed by atoms with van der Waals surface area (Å²) in [4.78, 5) is 63.6. The molecule has 0 saturated heterocycles. The van der Waals surface area contributed by atoms with Crippen molar-refractivity contribution in [2.75, 3.05) is 0 Å². The monoisotopic (exact) mass is 696 g/mol. The quantitative estimate of drug-likeness (QED) is 0.171. The van der Waals surface area contributed by atoms with Gasteiger partial charge >= 0.3 is 34.7 Å². The first-order valence-electron chi connectivity index (χ1n) is 13.6. The second-order valence-electron chi connectivity index (χ2n) is 10.1. The fourth-order valence-corrected chi connectivity index (χ4v) is 4.50. The summed E-state index contributed by atoms with van der Waals surface area (Å²) >= 11 is 0. The van der Waals surface area contributed by atoms with E-state index in [0.717, 1.165) is 0 Å². The van der Waals surface area contributed by atoms with Crippen LogP contribution in [0.15, 0.2) is 109 Å². The van der Waals surface area contributed by atoms with E-state index in [1.54, 1.807) is 0 Å². The summed E-state index contributed by atoms with van der Waals surface area (Å²) < 4.78 is 0. The normalized spacial score (nSPS) is 9.84. The number of hydrogen-bond acceptors (Lipinski definition) is 12. The van der Waals surface area contributed by atoms with Crippen LogP contribution in [0.4, 0.5) is 0 Å². The molecule has 12 nitrogen and oxygen atoms in total. The van der Waals surface area contributed by atoms with Gasteiger partial charge < -0.3 is 59.4 Å². The van der Waals surface area contributed by atoms with Crippen LogP contribution in [0.1, 0.15) is 62.1 Å². The van der Waals surface area contributed by atoms with Crippen LogP contribution in [0.5, 0.6) is 0 Å². The Balaban J connectivity index is 0.000000255. The van der Waals surface area contributed by atoms with Crippen molar-refractivity contribution in [3.8, 4) is 0 Å². The molecule has 240 valence electrons. The average Bonchev–Trinajstić information content (AvgIpc) is 3.07. The maximum atomic E-state index is 10.6. The zero-order valence-corrected chi connectivity index (χ0v) is 27.8. The second-order valence-corrected chi connectivity index (χ2v) is 10.1. The summed E-state index contributed by atoms with van der Waals surface area (Å²) in [5, 5.41) is 67.5. The summed E-state index contributed by atoms with van der Waals surface area (Å²) in [6.45, 7) is 0. The minimum atomic E-state index is -1.26. The number of aromatic carboxylic acids is 6. The molecule has 6 aromatic carbocycles. The molecule has 0 bridgehead atoms. The predicted octanol–water partition coefficient (Wildman–Crippen LogP) is -2.06. The Morgan fingerprint density at radius 1 is 0.260 bits per heavy atom. The van der Waals surface area contributed by atoms with Gasteiger partial charge in [-0.3, -0.25) is 0 Å². The van der Waals surface area contributed by atoms with Crippen molar-refractivity contribution in [1.29, 1.82) is 0 Å². The summed E-state index contributed by atoms with van der Waals surface area (Å²) in [6, 6.07) is 26.0. The van der Waals surface area contributed by atoms with E-state index in [1.807, 2.05) is 0 Å². The molecule has 50 heavy (non-hydrogen) atoms. The van der Waals surface area contributed by atoms with Crippen LogP contribution in [0.2, 0.25) is 0 Å². The fourth-order valence-electron chi connectivity index (χ4n) is 4.50. The SMILES string of the molecule is O=C([O-])c1ccc2cc(C(=O)[O-])ccc2c1.O=C([O-])c1ccc2cc(C(=O)[O-])ccc2c1.O=C([O-])c1ccc2cc(C(=O)[O-])ccc2c1.[Al+3].[Al+3]. The molecule has 0 aliphatic rings. The molecule has 0 saturated carbocycles. The molecule has 0 N–H and O–H groups in total. The Hall–Kier alpha value is -6.02. The number of hydrogen-bond donors (Lipinski definition) is 0. The number of carbonyl (C=O) groups excluding carboxylic acids is 6. The Labute approximate surface area is 303 Å². The molecule has 0 amide bonds. The third kappa shape index (κ3) is 10.00. The molecule has 0 atom stereocenters. The van der Waals surface area contributed by atoms with Crippen molar-refractivity contribution in [3.63, 3.8) is 0 Å². The standard InChI is InChI=1S/3C12H8O4.2Al/c3*13-11(14)9-3-1-7-5-10(12(15)16)4-2-8(7)6-9;;/h3*1-6H,(H,13,14)(H,15,16);;/q;;;2*+3/p-6. The van der Waals surface area contributed by atoms with Crippen LogP contribution in [0.3, 0.4) is 0 Å². The minimum absolute atomic E-state index is 0. The molecule has 6 rings (SSSR count). The van der Waals surface area contributed by atoms with Crippen LogP contribution in [-0.4, -0.2) is 70.5 Å². The Bertz CT molecular complexity index is 1870. The maximum Gasteiger partial charge on any atom is 3.00 e. The van der Waals surface area contributed by atoms with Gasteiger partial charge in [0.15, 0.2) is 0 Å². The van der Waals surface area contributed by atoms with Gasteiger partial charge in [-0.05, 0) is 102 Å². The third-order valence-corrected chi connectivity index (χ3v) is 6.93. The predicted molar refractivity (Wildman–Crippen MR) is 169 cm³/mol. The average molecular weight is 696 g/mol. The van der Waals surface area contributed by atoms with Crippen molar-refractivity contribution in [1.82, 2.24) is 0 Å². The Morgan fingerprint density at radius 2 is 0.380 bits per heavy atom. The first kappa shape index (κ1) is 40.2. The zero-order chi connectivity index (χ0) is 35.1. The molecule has 0 aromatic heterocycles. The van der Waals surface area contributed by atoms with Gasteiger partial charge in [0.1, 0.15) is 0 Å². The summed E-state index contributed by atoms with van der Waals surface area (Å²) in [5.41, 5.74) is 0.382. The van der Waals surface area contributed by atoms with Gasteiger partial charge in [0, 0.05) is 0 Å². The van der Waals surface area contributed by atoms with E-state index >= 15 is 0 Å². The number of benzene rings is 6. The van der Waals surface area contributed by atoms with Crippen LogP contribution < -0.4 is 30.6 Å². The van der Waals surface area contributed by atoms with E-state index in [-0.39, 0.29) is 68.1 Å². The molecule has 0 unspecified atom stereocenters. The first-order chi connectivity index (χ1) is 22.7. The van der Waals surface area contributed by atoms with E-state index in [4.69, 9.17) is 0 Å². The summed E-state index contributed by atoms with van der Waals surface area (Å²) in [7, 11) is 0. The van der Waals surface area contributed by atoms with Gasteiger partial charge in [-0.1, -0.05) is 72.8 Å².